The minimum atomic E-state index is 0.392. The molecule has 6 heteroatoms. The van der Waals surface area contributed by atoms with E-state index in [0.717, 1.165) is 33.0 Å². The third-order valence-electron chi connectivity index (χ3n) is 2.72. The first-order chi connectivity index (χ1) is 8.99. The number of halogens is 1. The molecule has 0 unspecified atom stereocenters. The third-order valence-corrected chi connectivity index (χ3v) is 4.40. The zero-order valence-corrected chi connectivity index (χ0v) is 13.9. The van der Waals surface area contributed by atoms with E-state index in [-0.39, 0.29) is 0 Å². The largest absolute Gasteiger partial charge is 0.389 e. The molecule has 0 atom stereocenters. The summed E-state index contributed by atoms with van der Waals surface area (Å²) in [5.41, 5.74) is 8.74. The van der Waals surface area contributed by atoms with E-state index in [1.807, 2.05) is 32.2 Å². The third kappa shape index (κ3) is 3.32. The van der Waals surface area contributed by atoms with Gasteiger partial charge in [-0.2, -0.15) is 0 Å². The molecule has 0 aliphatic heterocycles. The van der Waals surface area contributed by atoms with Crippen LogP contribution in [-0.4, -0.2) is 17.0 Å². The summed E-state index contributed by atoms with van der Waals surface area (Å²) in [6.45, 7) is 2.74. The van der Waals surface area contributed by atoms with Crippen LogP contribution in [-0.2, 0) is 6.54 Å². The number of aromatic nitrogens is 1. The zero-order valence-electron chi connectivity index (χ0n) is 10.7. The van der Waals surface area contributed by atoms with Gasteiger partial charge in [-0.1, -0.05) is 18.3 Å². The van der Waals surface area contributed by atoms with E-state index < -0.39 is 0 Å². The second-order valence-electron chi connectivity index (χ2n) is 4.21. The van der Waals surface area contributed by atoms with Gasteiger partial charge in [-0.15, -0.1) is 11.3 Å². The first-order valence-corrected chi connectivity index (χ1v) is 7.77. The van der Waals surface area contributed by atoms with Gasteiger partial charge in [0, 0.05) is 28.2 Å². The normalized spacial score (nSPS) is 10.5. The van der Waals surface area contributed by atoms with E-state index in [1.54, 1.807) is 11.3 Å². The highest BCUT2D eigenvalue weighted by Gasteiger charge is 2.13. The molecule has 3 nitrogen and oxygen atoms in total. The molecule has 0 saturated heterocycles. The highest BCUT2D eigenvalue weighted by Crippen LogP contribution is 2.28. The second kappa shape index (κ2) is 5.98. The van der Waals surface area contributed by atoms with Crippen molar-refractivity contribution in [2.24, 2.45) is 5.73 Å². The van der Waals surface area contributed by atoms with E-state index in [1.165, 1.54) is 0 Å². The molecule has 2 aromatic rings. The molecule has 0 bridgehead atoms. The number of rotatable bonds is 4. The van der Waals surface area contributed by atoms with Gasteiger partial charge in [0.25, 0.3) is 0 Å². The Bertz CT molecular complexity index is 610. The number of aryl methyl sites for hydroxylation is 1. The fraction of sp³-hybridized carbons (Fsp3) is 0.231. The lowest BCUT2D eigenvalue weighted by atomic mass is 10.1. The average molecular weight is 356 g/mol. The minimum Gasteiger partial charge on any atom is -0.389 e. The summed E-state index contributed by atoms with van der Waals surface area (Å²) >= 11 is 10.3. The maximum atomic E-state index is 5.81. The van der Waals surface area contributed by atoms with Crippen molar-refractivity contribution in [3.05, 3.63) is 44.3 Å². The van der Waals surface area contributed by atoms with Crippen molar-refractivity contribution in [1.29, 1.82) is 0 Å². The SMILES string of the molecule is Cc1nc(CN(C)c2cccc(Br)c2C(N)=S)cs1. The molecule has 0 amide bonds. The lowest BCUT2D eigenvalue weighted by Gasteiger charge is -2.22. The predicted octanol–water partition coefficient (Wildman–Crippen LogP) is 3.48. The molecule has 0 aliphatic carbocycles. The average Bonchev–Trinajstić information content (AvgIpc) is 2.73. The second-order valence-corrected chi connectivity index (χ2v) is 6.57. The van der Waals surface area contributed by atoms with E-state index in [9.17, 15) is 0 Å². The van der Waals surface area contributed by atoms with Crippen molar-refractivity contribution >= 4 is 50.2 Å². The number of nitrogens with two attached hydrogens (primary N) is 1. The standard InChI is InChI=1S/C13H14BrN3S2/c1-8-16-9(7-19-8)6-17(2)11-5-3-4-10(14)12(11)13(15)18/h3-5,7H,6H2,1-2H3,(H2,15,18). The number of hydrogen-bond donors (Lipinski definition) is 1. The molecule has 1 aromatic heterocycles. The van der Waals surface area contributed by atoms with Crippen LogP contribution in [0.1, 0.15) is 16.3 Å². The van der Waals surface area contributed by atoms with Gasteiger partial charge >= 0.3 is 0 Å². The first kappa shape index (κ1) is 14.4. The molecule has 0 fully saturated rings. The molecule has 0 radical (unpaired) electrons. The van der Waals surface area contributed by atoms with Crippen LogP contribution in [0.3, 0.4) is 0 Å². The lowest BCUT2D eigenvalue weighted by Crippen LogP contribution is -2.22. The Morgan fingerprint density at radius 1 is 1.53 bits per heavy atom. The molecular weight excluding hydrogens is 342 g/mol. The van der Waals surface area contributed by atoms with Crippen LogP contribution in [0.15, 0.2) is 28.1 Å². The van der Waals surface area contributed by atoms with Crippen molar-refractivity contribution < 1.29 is 0 Å². The van der Waals surface area contributed by atoms with Crippen LogP contribution in [0.2, 0.25) is 0 Å². The van der Waals surface area contributed by atoms with Gasteiger partial charge in [-0.25, -0.2) is 4.98 Å². The Labute approximate surface area is 130 Å². The number of anilines is 1. The van der Waals surface area contributed by atoms with Gasteiger partial charge in [0.2, 0.25) is 0 Å². The Balaban J connectivity index is 2.31. The van der Waals surface area contributed by atoms with Crippen molar-refractivity contribution in [2.75, 3.05) is 11.9 Å². The number of hydrogen-bond acceptors (Lipinski definition) is 4. The van der Waals surface area contributed by atoms with Crippen LogP contribution >= 0.6 is 39.5 Å². The summed E-state index contributed by atoms with van der Waals surface area (Å²) in [5.74, 6) is 0. The molecular formula is C13H14BrN3S2. The summed E-state index contributed by atoms with van der Waals surface area (Å²) in [6.07, 6.45) is 0. The van der Waals surface area contributed by atoms with E-state index in [4.69, 9.17) is 18.0 Å². The van der Waals surface area contributed by atoms with Crippen LogP contribution in [0.4, 0.5) is 5.69 Å². The fourth-order valence-corrected chi connectivity index (χ4v) is 3.40. The Morgan fingerprint density at radius 3 is 2.84 bits per heavy atom. The van der Waals surface area contributed by atoms with Gasteiger partial charge in [0.05, 0.1) is 17.2 Å². The lowest BCUT2D eigenvalue weighted by molar-refractivity contribution is 0.889. The summed E-state index contributed by atoms with van der Waals surface area (Å²) < 4.78 is 0.916. The Kier molecular flexibility index (Phi) is 4.54. The monoisotopic (exact) mass is 355 g/mol. The topological polar surface area (TPSA) is 42.2 Å². The van der Waals surface area contributed by atoms with Gasteiger partial charge in [-0.05, 0) is 35.0 Å². The maximum Gasteiger partial charge on any atom is 0.107 e. The zero-order chi connectivity index (χ0) is 14.0. The first-order valence-electron chi connectivity index (χ1n) is 5.69. The van der Waals surface area contributed by atoms with Gasteiger partial charge in [0.15, 0.2) is 0 Å². The van der Waals surface area contributed by atoms with Crippen molar-refractivity contribution in [1.82, 2.24) is 4.98 Å². The van der Waals surface area contributed by atoms with Crippen LogP contribution in [0, 0.1) is 6.92 Å². The van der Waals surface area contributed by atoms with Crippen LogP contribution in [0.5, 0.6) is 0 Å². The number of benzene rings is 1. The minimum absolute atomic E-state index is 0.392. The molecule has 0 spiro atoms. The predicted molar refractivity (Wildman–Crippen MR) is 89.0 cm³/mol. The van der Waals surface area contributed by atoms with Crippen molar-refractivity contribution in [2.45, 2.75) is 13.5 Å². The Morgan fingerprint density at radius 2 is 2.26 bits per heavy atom. The van der Waals surface area contributed by atoms with E-state index >= 15 is 0 Å². The summed E-state index contributed by atoms with van der Waals surface area (Å²) in [6, 6.07) is 5.93. The van der Waals surface area contributed by atoms with Gasteiger partial charge in [-0.3, -0.25) is 0 Å². The summed E-state index contributed by atoms with van der Waals surface area (Å²) in [7, 11) is 2.01. The molecule has 1 heterocycles. The molecule has 2 N–H and O–H groups in total. The van der Waals surface area contributed by atoms with Crippen molar-refractivity contribution in [3.8, 4) is 0 Å². The molecule has 0 saturated carbocycles. The number of nitrogens with zero attached hydrogens (tertiary/aromatic N) is 2. The highest BCUT2D eigenvalue weighted by molar-refractivity contribution is 9.10. The quantitative estimate of drug-likeness (QED) is 0.852. The fourth-order valence-electron chi connectivity index (χ4n) is 1.88. The maximum absolute atomic E-state index is 5.81. The highest BCUT2D eigenvalue weighted by atomic mass is 79.9. The smallest absolute Gasteiger partial charge is 0.107 e. The van der Waals surface area contributed by atoms with E-state index in [0.29, 0.717) is 4.99 Å². The van der Waals surface area contributed by atoms with Crippen LogP contribution < -0.4 is 10.6 Å². The van der Waals surface area contributed by atoms with E-state index in [2.05, 4.69) is 31.2 Å². The molecule has 19 heavy (non-hydrogen) atoms. The summed E-state index contributed by atoms with van der Waals surface area (Å²) in [5, 5.41) is 3.15. The Hall–Kier alpha value is -0.980. The molecule has 100 valence electrons. The summed E-state index contributed by atoms with van der Waals surface area (Å²) in [4.78, 5) is 6.97. The molecule has 2 rings (SSSR count). The number of thiocarbonyl (C=S) groups is 1. The number of thiazole rings is 1. The van der Waals surface area contributed by atoms with Gasteiger partial charge < -0.3 is 10.6 Å². The molecule has 1 aromatic carbocycles. The van der Waals surface area contributed by atoms with Gasteiger partial charge in [0.1, 0.15) is 4.99 Å². The van der Waals surface area contributed by atoms with Crippen molar-refractivity contribution in [3.63, 3.8) is 0 Å². The van der Waals surface area contributed by atoms with Crippen LogP contribution in [0.25, 0.3) is 0 Å². The molecule has 0 aliphatic rings.